The fraction of sp³-hybridized carbons (Fsp3) is 0.350. The number of carbonyl (C=O) groups excluding carboxylic acids is 1. The Bertz CT molecular complexity index is 608. The van der Waals surface area contributed by atoms with E-state index in [9.17, 15) is 4.79 Å². The normalized spacial score (nSPS) is 10.7. The minimum atomic E-state index is -0.220. The summed E-state index contributed by atoms with van der Waals surface area (Å²) in [6.07, 6.45) is 2.92. The highest BCUT2D eigenvalue weighted by Gasteiger charge is 2.12. The van der Waals surface area contributed by atoms with Gasteiger partial charge in [-0.25, -0.2) is 4.79 Å². The van der Waals surface area contributed by atoms with E-state index in [1.54, 1.807) is 0 Å². The fourth-order valence-electron chi connectivity index (χ4n) is 2.46. The molecule has 0 fully saturated rings. The number of hydrogen-bond acceptors (Lipinski definition) is 3. The molecule has 23 heavy (non-hydrogen) atoms. The number of ether oxygens (including phenoxy) is 1. The number of esters is 1. The van der Waals surface area contributed by atoms with Gasteiger partial charge in [-0.3, -0.25) is 0 Å². The van der Waals surface area contributed by atoms with E-state index in [1.807, 2.05) is 49.3 Å². The van der Waals surface area contributed by atoms with Gasteiger partial charge in [0.15, 0.2) is 0 Å². The minimum absolute atomic E-state index is 0.220. The molecular weight excluding hydrogens is 286 g/mol. The average Bonchev–Trinajstić information content (AvgIpc) is 2.56. The SMILES string of the molecule is CN(C)CCOC(=O)c1ccccc1CCCc1ccccc1. The van der Waals surface area contributed by atoms with Crippen LogP contribution in [-0.4, -0.2) is 38.1 Å². The lowest BCUT2D eigenvalue weighted by atomic mass is 10.00. The van der Waals surface area contributed by atoms with Crippen molar-refractivity contribution < 1.29 is 9.53 Å². The van der Waals surface area contributed by atoms with E-state index in [0.29, 0.717) is 12.2 Å². The second kappa shape index (κ2) is 9.11. The molecule has 0 aromatic heterocycles. The number of likely N-dealkylation sites (N-methyl/N-ethyl adjacent to an activating group) is 1. The second-order valence-electron chi connectivity index (χ2n) is 5.94. The van der Waals surface area contributed by atoms with Gasteiger partial charge in [-0.2, -0.15) is 0 Å². The van der Waals surface area contributed by atoms with Gasteiger partial charge in [-0.1, -0.05) is 48.5 Å². The Kier molecular flexibility index (Phi) is 6.82. The van der Waals surface area contributed by atoms with Gasteiger partial charge in [0.25, 0.3) is 0 Å². The maximum absolute atomic E-state index is 12.2. The average molecular weight is 311 g/mol. The number of rotatable bonds is 8. The van der Waals surface area contributed by atoms with Crippen molar-refractivity contribution in [2.24, 2.45) is 0 Å². The van der Waals surface area contributed by atoms with Crippen LogP contribution in [0.15, 0.2) is 54.6 Å². The third kappa shape index (κ3) is 5.87. The van der Waals surface area contributed by atoms with E-state index in [2.05, 4.69) is 24.3 Å². The summed E-state index contributed by atoms with van der Waals surface area (Å²) < 4.78 is 5.36. The largest absolute Gasteiger partial charge is 0.461 e. The molecule has 0 radical (unpaired) electrons. The number of hydrogen-bond donors (Lipinski definition) is 0. The zero-order chi connectivity index (χ0) is 16.5. The fourth-order valence-corrected chi connectivity index (χ4v) is 2.46. The molecule has 0 saturated carbocycles. The van der Waals surface area contributed by atoms with E-state index in [0.717, 1.165) is 31.4 Å². The number of carbonyl (C=O) groups is 1. The van der Waals surface area contributed by atoms with E-state index in [1.165, 1.54) is 5.56 Å². The molecular formula is C20H25NO2. The van der Waals surface area contributed by atoms with Crippen LogP contribution >= 0.6 is 0 Å². The maximum Gasteiger partial charge on any atom is 0.338 e. The molecule has 2 rings (SSSR count). The third-order valence-electron chi connectivity index (χ3n) is 3.76. The van der Waals surface area contributed by atoms with Crippen molar-refractivity contribution in [3.63, 3.8) is 0 Å². The van der Waals surface area contributed by atoms with Gasteiger partial charge in [0.2, 0.25) is 0 Å². The molecule has 0 aliphatic heterocycles. The number of aryl methyl sites for hydroxylation is 2. The highest BCUT2D eigenvalue weighted by molar-refractivity contribution is 5.91. The highest BCUT2D eigenvalue weighted by atomic mass is 16.5. The molecule has 3 heteroatoms. The Morgan fingerprint density at radius 2 is 1.65 bits per heavy atom. The summed E-state index contributed by atoms with van der Waals surface area (Å²) in [6.45, 7) is 1.16. The lowest BCUT2D eigenvalue weighted by Gasteiger charge is -2.12. The van der Waals surface area contributed by atoms with Crippen molar-refractivity contribution in [1.82, 2.24) is 4.90 Å². The van der Waals surface area contributed by atoms with Crippen LogP contribution in [0.5, 0.6) is 0 Å². The smallest absolute Gasteiger partial charge is 0.338 e. The first-order valence-corrected chi connectivity index (χ1v) is 8.10. The van der Waals surface area contributed by atoms with Crippen LogP contribution in [0.25, 0.3) is 0 Å². The molecule has 3 nitrogen and oxygen atoms in total. The van der Waals surface area contributed by atoms with E-state index in [4.69, 9.17) is 4.74 Å². The number of nitrogens with zero attached hydrogens (tertiary/aromatic N) is 1. The number of benzene rings is 2. The zero-order valence-electron chi connectivity index (χ0n) is 14.0. The minimum Gasteiger partial charge on any atom is -0.461 e. The van der Waals surface area contributed by atoms with Crippen molar-refractivity contribution in [3.05, 3.63) is 71.3 Å². The molecule has 2 aromatic rings. The first-order chi connectivity index (χ1) is 11.2. The molecule has 2 aromatic carbocycles. The second-order valence-corrected chi connectivity index (χ2v) is 5.94. The predicted octanol–water partition coefficient (Wildman–Crippen LogP) is 3.58. The van der Waals surface area contributed by atoms with E-state index in [-0.39, 0.29) is 5.97 Å². The summed E-state index contributed by atoms with van der Waals surface area (Å²) in [5.74, 6) is -0.220. The molecule has 0 saturated heterocycles. The first kappa shape index (κ1) is 17.2. The Labute approximate surface area is 138 Å². The Morgan fingerprint density at radius 1 is 0.957 bits per heavy atom. The van der Waals surface area contributed by atoms with Crippen LogP contribution in [0.2, 0.25) is 0 Å². The lowest BCUT2D eigenvalue weighted by molar-refractivity contribution is 0.0480. The van der Waals surface area contributed by atoms with Crippen LogP contribution in [0.3, 0.4) is 0 Å². The van der Waals surface area contributed by atoms with Gasteiger partial charge < -0.3 is 9.64 Å². The van der Waals surface area contributed by atoms with Crippen LogP contribution in [0, 0.1) is 0 Å². The van der Waals surface area contributed by atoms with Gasteiger partial charge in [0.05, 0.1) is 5.56 Å². The van der Waals surface area contributed by atoms with Crippen LogP contribution in [-0.2, 0) is 17.6 Å². The quantitative estimate of drug-likeness (QED) is 0.698. The van der Waals surface area contributed by atoms with Gasteiger partial charge in [0, 0.05) is 6.54 Å². The van der Waals surface area contributed by atoms with E-state index < -0.39 is 0 Å². The van der Waals surface area contributed by atoms with Crippen molar-refractivity contribution in [2.75, 3.05) is 27.2 Å². The van der Waals surface area contributed by atoms with Gasteiger partial charge >= 0.3 is 5.97 Å². The van der Waals surface area contributed by atoms with Crippen molar-refractivity contribution >= 4 is 5.97 Å². The van der Waals surface area contributed by atoms with Crippen LogP contribution < -0.4 is 0 Å². The van der Waals surface area contributed by atoms with Crippen molar-refractivity contribution in [1.29, 1.82) is 0 Å². The standard InChI is InChI=1S/C20H25NO2/c1-21(2)15-16-23-20(22)19-14-7-6-12-18(19)13-8-11-17-9-4-3-5-10-17/h3-7,9-10,12,14H,8,11,13,15-16H2,1-2H3. The molecule has 0 aliphatic rings. The van der Waals surface area contributed by atoms with Gasteiger partial charge in [-0.15, -0.1) is 0 Å². The predicted molar refractivity (Wildman–Crippen MR) is 93.7 cm³/mol. The van der Waals surface area contributed by atoms with Crippen molar-refractivity contribution in [3.8, 4) is 0 Å². The zero-order valence-corrected chi connectivity index (χ0v) is 14.0. The summed E-state index contributed by atoms with van der Waals surface area (Å²) in [7, 11) is 3.93. The topological polar surface area (TPSA) is 29.5 Å². The molecule has 0 unspecified atom stereocenters. The van der Waals surface area contributed by atoms with Crippen LogP contribution in [0.1, 0.15) is 27.9 Å². The molecule has 0 spiro atoms. The molecule has 0 atom stereocenters. The summed E-state index contributed by atoms with van der Waals surface area (Å²) in [5, 5.41) is 0. The summed E-state index contributed by atoms with van der Waals surface area (Å²) in [4.78, 5) is 14.2. The van der Waals surface area contributed by atoms with Gasteiger partial charge in [-0.05, 0) is 50.6 Å². The Morgan fingerprint density at radius 3 is 2.39 bits per heavy atom. The van der Waals surface area contributed by atoms with Crippen molar-refractivity contribution in [2.45, 2.75) is 19.3 Å². The third-order valence-corrected chi connectivity index (χ3v) is 3.76. The monoisotopic (exact) mass is 311 g/mol. The molecule has 122 valence electrons. The van der Waals surface area contributed by atoms with Crippen LogP contribution in [0.4, 0.5) is 0 Å². The maximum atomic E-state index is 12.2. The first-order valence-electron chi connectivity index (χ1n) is 8.10. The summed E-state index contributed by atoms with van der Waals surface area (Å²) in [6, 6.07) is 18.2. The molecule has 0 amide bonds. The summed E-state index contributed by atoms with van der Waals surface area (Å²) in [5.41, 5.74) is 3.09. The molecule has 0 heterocycles. The molecule has 0 N–H and O–H groups in total. The van der Waals surface area contributed by atoms with Gasteiger partial charge in [0.1, 0.15) is 6.61 Å². The molecule has 0 bridgehead atoms. The Balaban J connectivity index is 1.90. The highest BCUT2D eigenvalue weighted by Crippen LogP contribution is 2.14. The summed E-state index contributed by atoms with van der Waals surface area (Å²) >= 11 is 0. The molecule has 0 aliphatic carbocycles. The van der Waals surface area contributed by atoms with E-state index >= 15 is 0 Å². The Hall–Kier alpha value is -2.13. The lowest BCUT2D eigenvalue weighted by Crippen LogP contribution is -2.20.